The monoisotopic (exact) mass is 396 g/mol. The Hall–Kier alpha value is -3.53. The Bertz CT molecular complexity index is 908. The molecular weight excluding hydrogens is 372 g/mol. The van der Waals surface area contributed by atoms with Gasteiger partial charge in [-0.2, -0.15) is 5.26 Å². The Kier molecular flexibility index (Phi) is 7.61. The maximum atomic E-state index is 12.8. The molecular formula is C22H24N2O5. The number of nitrogens with zero attached hydrogens (tertiary/aromatic N) is 1. The van der Waals surface area contributed by atoms with Gasteiger partial charge in [-0.3, -0.25) is 0 Å². The summed E-state index contributed by atoms with van der Waals surface area (Å²) in [4.78, 5) is 25.6. The highest BCUT2D eigenvalue weighted by Gasteiger charge is 2.40. The van der Waals surface area contributed by atoms with Crippen molar-refractivity contribution in [2.24, 2.45) is 0 Å². The van der Waals surface area contributed by atoms with Crippen molar-refractivity contribution >= 4 is 11.9 Å². The number of allylic oxidation sites excluding steroid dienone is 2. The number of rotatable bonds is 8. The molecule has 1 aromatic rings. The number of hydrogen-bond acceptors (Lipinski definition) is 7. The lowest BCUT2D eigenvalue weighted by Gasteiger charge is -2.30. The first kappa shape index (κ1) is 21.8. The van der Waals surface area contributed by atoms with Crippen molar-refractivity contribution in [3.63, 3.8) is 0 Å². The average Bonchev–Trinajstić information content (AvgIpc) is 2.71. The Morgan fingerprint density at radius 1 is 1.17 bits per heavy atom. The third-order valence-corrected chi connectivity index (χ3v) is 4.25. The van der Waals surface area contributed by atoms with Crippen LogP contribution in [0.4, 0.5) is 0 Å². The summed E-state index contributed by atoms with van der Waals surface area (Å²) < 4.78 is 16.2. The highest BCUT2D eigenvalue weighted by atomic mass is 16.5. The predicted molar refractivity (Wildman–Crippen MR) is 107 cm³/mol. The van der Waals surface area contributed by atoms with Gasteiger partial charge in [-0.15, -0.1) is 0 Å². The van der Waals surface area contributed by atoms with Gasteiger partial charge in [0.15, 0.2) is 0 Å². The maximum absolute atomic E-state index is 12.8. The molecule has 1 aliphatic rings. The highest BCUT2D eigenvalue weighted by molar-refractivity contribution is 6.00. The summed E-state index contributed by atoms with van der Waals surface area (Å²) in [5.41, 5.74) is 1.27. The third-order valence-electron chi connectivity index (χ3n) is 4.25. The number of hydrogen-bond donors (Lipinski definition) is 1. The molecule has 7 nitrogen and oxygen atoms in total. The van der Waals surface area contributed by atoms with Crippen LogP contribution in [0.2, 0.25) is 0 Å². The molecule has 1 aromatic carbocycles. The van der Waals surface area contributed by atoms with Gasteiger partial charge < -0.3 is 19.5 Å². The summed E-state index contributed by atoms with van der Waals surface area (Å²) in [6.45, 7) is 9.20. The molecule has 0 amide bonds. The number of carbonyl (C=O) groups excluding carboxylic acids is 2. The molecule has 0 saturated carbocycles. The molecule has 0 saturated heterocycles. The standard InChI is InChI=1S/C22H24N2O5/c1-5-12-29-17-11-9-8-10-15(17)19-18(21(25)27-6-2)14(4)24-16(13-23)20(19)22(26)28-7-3/h5,8-11,19,24H,1,6-7,12H2,2-4H3. The Morgan fingerprint density at radius 2 is 1.79 bits per heavy atom. The van der Waals surface area contributed by atoms with E-state index in [9.17, 15) is 14.9 Å². The third kappa shape index (κ3) is 4.66. The molecule has 1 aliphatic heterocycles. The molecule has 0 radical (unpaired) electrons. The van der Waals surface area contributed by atoms with Crippen LogP contribution in [0, 0.1) is 11.3 Å². The van der Waals surface area contributed by atoms with Crippen LogP contribution in [0.1, 0.15) is 32.3 Å². The summed E-state index contributed by atoms with van der Waals surface area (Å²) in [5.74, 6) is -1.69. The minimum absolute atomic E-state index is 0.0255. The van der Waals surface area contributed by atoms with E-state index in [2.05, 4.69) is 11.9 Å². The lowest BCUT2D eigenvalue weighted by Crippen LogP contribution is -2.33. The Morgan fingerprint density at radius 3 is 2.38 bits per heavy atom. The topological polar surface area (TPSA) is 97.6 Å². The highest BCUT2D eigenvalue weighted by Crippen LogP contribution is 2.42. The number of dihydropyridines is 1. The molecule has 1 heterocycles. The number of para-hydroxylation sites is 1. The molecule has 0 aliphatic carbocycles. The second-order valence-corrected chi connectivity index (χ2v) is 6.08. The fourth-order valence-electron chi connectivity index (χ4n) is 3.13. The first-order valence-electron chi connectivity index (χ1n) is 9.28. The smallest absolute Gasteiger partial charge is 0.337 e. The quantitative estimate of drug-likeness (QED) is 0.532. The second-order valence-electron chi connectivity index (χ2n) is 6.08. The van der Waals surface area contributed by atoms with Gasteiger partial charge in [0.05, 0.1) is 30.3 Å². The lowest BCUT2D eigenvalue weighted by atomic mass is 9.80. The van der Waals surface area contributed by atoms with Gasteiger partial charge in [-0.05, 0) is 26.8 Å². The summed E-state index contributed by atoms with van der Waals surface area (Å²) in [5, 5.41) is 12.5. The van der Waals surface area contributed by atoms with Crippen molar-refractivity contribution in [1.82, 2.24) is 5.32 Å². The van der Waals surface area contributed by atoms with E-state index in [0.717, 1.165) is 0 Å². The largest absolute Gasteiger partial charge is 0.489 e. The number of carbonyl (C=O) groups is 2. The minimum Gasteiger partial charge on any atom is -0.489 e. The van der Waals surface area contributed by atoms with Gasteiger partial charge in [-0.25, -0.2) is 9.59 Å². The normalized spacial score (nSPS) is 15.9. The SMILES string of the molecule is C=CCOc1ccccc1C1C(C(=O)OCC)=C(C)NC(C#N)=C1C(=O)OCC. The molecule has 1 unspecified atom stereocenters. The van der Waals surface area contributed by atoms with E-state index in [1.807, 2.05) is 6.07 Å². The number of nitriles is 1. The molecule has 7 heteroatoms. The van der Waals surface area contributed by atoms with E-state index >= 15 is 0 Å². The zero-order chi connectivity index (χ0) is 21.4. The van der Waals surface area contributed by atoms with Crippen LogP contribution in [-0.4, -0.2) is 31.8 Å². The van der Waals surface area contributed by atoms with Crippen LogP contribution in [0.25, 0.3) is 0 Å². The van der Waals surface area contributed by atoms with Gasteiger partial charge in [-0.1, -0.05) is 30.9 Å². The van der Waals surface area contributed by atoms with Gasteiger partial charge in [0.1, 0.15) is 24.1 Å². The van der Waals surface area contributed by atoms with Crippen molar-refractivity contribution in [1.29, 1.82) is 5.26 Å². The first-order chi connectivity index (χ1) is 14.0. The van der Waals surface area contributed by atoms with Crippen LogP contribution in [0.5, 0.6) is 5.75 Å². The fourth-order valence-corrected chi connectivity index (χ4v) is 3.13. The van der Waals surface area contributed by atoms with Crippen molar-refractivity contribution in [2.75, 3.05) is 19.8 Å². The van der Waals surface area contributed by atoms with Crippen LogP contribution >= 0.6 is 0 Å². The van der Waals surface area contributed by atoms with E-state index < -0.39 is 17.9 Å². The number of ether oxygens (including phenoxy) is 3. The average molecular weight is 396 g/mol. The van der Waals surface area contributed by atoms with Crippen LogP contribution in [0.3, 0.4) is 0 Å². The van der Waals surface area contributed by atoms with E-state index in [1.165, 1.54) is 0 Å². The Balaban J connectivity index is 2.75. The first-order valence-corrected chi connectivity index (χ1v) is 9.28. The second kappa shape index (κ2) is 10.1. The summed E-state index contributed by atoms with van der Waals surface area (Å²) in [7, 11) is 0. The van der Waals surface area contributed by atoms with Gasteiger partial charge >= 0.3 is 11.9 Å². The molecule has 2 rings (SSSR count). The number of nitrogens with one attached hydrogen (secondary N) is 1. The molecule has 0 aromatic heterocycles. The molecule has 152 valence electrons. The number of esters is 2. The van der Waals surface area contributed by atoms with Crippen molar-refractivity contribution in [3.8, 4) is 11.8 Å². The summed E-state index contributed by atoms with van der Waals surface area (Å²) in [6.07, 6.45) is 1.59. The fraction of sp³-hybridized carbons (Fsp3) is 0.318. The van der Waals surface area contributed by atoms with E-state index in [-0.39, 0.29) is 36.7 Å². The molecule has 0 bridgehead atoms. The van der Waals surface area contributed by atoms with E-state index in [4.69, 9.17) is 14.2 Å². The predicted octanol–water partition coefficient (Wildman–Crippen LogP) is 3.12. The van der Waals surface area contributed by atoms with E-state index in [1.54, 1.807) is 51.1 Å². The van der Waals surface area contributed by atoms with Crippen LogP contribution in [0.15, 0.2) is 59.5 Å². The minimum atomic E-state index is -0.884. The molecule has 1 N–H and O–H groups in total. The number of benzene rings is 1. The van der Waals surface area contributed by atoms with Crippen LogP contribution < -0.4 is 10.1 Å². The van der Waals surface area contributed by atoms with E-state index in [0.29, 0.717) is 17.0 Å². The Labute approximate surface area is 170 Å². The van der Waals surface area contributed by atoms with Crippen molar-refractivity contribution in [3.05, 3.63) is 65.0 Å². The maximum Gasteiger partial charge on any atom is 0.337 e. The van der Waals surface area contributed by atoms with Crippen LogP contribution in [-0.2, 0) is 19.1 Å². The molecule has 29 heavy (non-hydrogen) atoms. The van der Waals surface area contributed by atoms with Crippen molar-refractivity contribution < 1.29 is 23.8 Å². The van der Waals surface area contributed by atoms with Gasteiger partial charge in [0, 0.05) is 11.3 Å². The summed E-state index contributed by atoms with van der Waals surface area (Å²) in [6, 6.07) is 9.03. The van der Waals surface area contributed by atoms with Crippen molar-refractivity contribution in [2.45, 2.75) is 26.7 Å². The zero-order valence-corrected chi connectivity index (χ0v) is 16.8. The summed E-state index contributed by atoms with van der Waals surface area (Å²) >= 11 is 0. The zero-order valence-electron chi connectivity index (χ0n) is 16.8. The lowest BCUT2D eigenvalue weighted by molar-refractivity contribution is -0.139. The van der Waals surface area contributed by atoms with Gasteiger partial charge in [0.25, 0.3) is 0 Å². The molecule has 0 spiro atoms. The van der Waals surface area contributed by atoms with Gasteiger partial charge in [0.2, 0.25) is 0 Å². The molecule has 0 fully saturated rings. The molecule has 1 atom stereocenters.